The van der Waals surface area contributed by atoms with Crippen molar-refractivity contribution in [1.82, 2.24) is 24.1 Å². The molecule has 57 heavy (non-hydrogen) atoms. The van der Waals surface area contributed by atoms with Gasteiger partial charge in [0.1, 0.15) is 11.2 Å². The maximum Gasteiger partial charge on any atom is 0.238 e. The van der Waals surface area contributed by atoms with Gasteiger partial charge < -0.3 is 8.98 Å². The molecule has 12 aromatic rings. The molecule has 0 bridgehead atoms. The second-order valence-electron chi connectivity index (χ2n) is 14.4. The number of fused-ring (bicyclic) bond motifs is 9. The van der Waals surface area contributed by atoms with Crippen LogP contribution in [-0.2, 0) is 0 Å². The first-order valence-electron chi connectivity index (χ1n) is 19.1. The van der Waals surface area contributed by atoms with Crippen LogP contribution in [0, 0.1) is 0 Å². The lowest BCUT2D eigenvalue weighted by Crippen LogP contribution is -2.06. The zero-order valence-corrected chi connectivity index (χ0v) is 30.5. The normalized spacial score (nSPS) is 11.9. The van der Waals surface area contributed by atoms with E-state index in [1.165, 1.54) is 16.5 Å². The Balaban J connectivity index is 1.09. The van der Waals surface area contributed by atoms with E-state index in [-0.39, 0.29) is 0 Å². The molecule has 0 fully saturated rings. The first-order chi connectivity index (χ1) is 28.3. The number of hydrogen-bond acceptors (Lipinski definition) is 4. The summed E-state index contributed by atoms with van der Waals surface area (Å²) in [6.07, 6.45) is 0. The van der Waals surface area contributed by atoms with E-state index in [9.17, 15) is 0 Å². The Kier molecular flexibility index (Phi) is 6.83. The van der Waals surface area contributed by atoms with E-state index in [4.69, 9.17) is 19.4 Å². The van der Waals surface area contributed by atoms with E-state index in [0.717, 1.165) is 77.0 Å². The Bertz CT molecular complexity index is 3470. The van der Waals surface area contributed by atoms with Gasteiger partial charge in [-0.05, 0) is 53.6 Å². The van der Waals surface area contributed by atoms with Crippen LogP contribution in [0.3, 0.4) is 0 Å². The van der Waals surface area contributed by atoms with Crippen LogP contribution in [0.1, 0.15) is 0 Å². The molecule has 0 saturated heterocycles. The van der Waals surface area contributed by atoms with Crippen molar-refractivity contribution in [3.63, 3.8) is 0 Å². The van der Waals surface area contributed by atoms with Crippen molar-refractivity contribution >= 4 is 65.6 Å². The zero-order chi connectivity index (χ0) is 37.5. The predicted molar refractivity (Wildman–Crippen MR) is 232 cm³/mol. The summed E-state index contributed by atoms with van der Waals surface area (Å²) in [6.45, 7) is 0. The summed E-state index contributed by atoms with van der Waals surface area (Å²) < 4.78 is 11.4. The van der Waals surface area contributed by atoms with Crippen molar-refractivity contribution in [1.29, 1.82) is 0 Å². The van der Waals surface area contributed by atoms with Gasteiger partial charge in [0.15, 0.2) is 11.6 Å². The monoisotopic (exact) mass is 729 g/mol. The van der Waals surface area contributed by atoms with Gasteiger partial charge in [-0.25, -0.2) is 4.98 Å². The summed E-state index contributed by atoms with van der Waals surface area (Å²) in [7, 11) is 0. The number of furan rings is 1. The topological polar surface area (TPSA) is 61.7 Å². The first kappa shape index (κ1) is 31.5. The average Bonchev–Trinajstić information content (AvgIpc) is 3.93. The number of benzene rings is 8. The van der Waals surface area contributed by atoms with E-state index in [2.05, 4.69) is 167 Å². The van der Waals surface area contributed by atoms with E-state index >= 15 is 0 Å². The Hall–Kier alpha value is -7.83. The second kappa shape index (κ2) is 12.3. The first-order valence-corrected chi connectivity index (χ1v) is 19.1. The minimum absolute atomic E-state index is 0.544. The average molecular weight is 730 g/mol. The molecular weight excluding hydrogens is 699 g/mol. The molecule has 0 amide bonds. The van der Waals surface area contributed by atoms with Crippen LogP contribution < -0.4 is 0 Å². The van der Waals surface area contributed by atoms with Gasteiger partial charge in [-0.15, -0.1) is 0 Å². The van der Waals surface area contributed by atoms with E-state index in [0.29, 0.717) is 17.6 Å². The van der Waals surface area contributed by atoms with Gasteiger partial charge >= 0.3 is 0 Å². The van der Waals surface area contributed by atoms with Crippen molar-refractivity contribution < 1.29 is 4.42 Å². The van der Waals surface area contributed by atoms with Crippen LogP contribution in [0.15, 0.2) is 192 Å². The Morgan fingerprint density at radius 3 is 1.63 bits per heavy atom. The lowest BCUT2D eigenvalue weighted by Gasteiger charge is -2.11. The highest BCUT2D eigenvalue weighted by Gasteiger charge is 2.22. The van der Waals surface area contributed by atoms with Crippen LogP contribution in [-0.4, -0.2) is 24.1 Å². The molecule has 0 aliphatic rings. The number of aromatic nitrogens is 5. The molecule has 6 heteroatoms. The standard InChI is InChI=1S/C51H31N5O/c1-3-15-32(16-4-1)34-19-13-20-35(29-34)55-43-26-10-9-23-38(43)41-30-42-39-24-14-25-40(48(39)57-47(42)31-46(41)55)50-52-49(33-17-5-2-6-18-33)53-51(54-50)56-44-27-11-7-21-36(44)37-22-8-12-28-45(37)56/h1-31H. The van der Waals surface area contributed by atoms with Crippen LogP contribution in [0.4, 0.5) is 0 Å². The third-order valence-corrected chi connectivity index (χ3v) is 11.2. The molecule has 4 aromatic heterocycles. The van der Waals surface area contributed by atoms with Gasteiger partial charge in [-0.3, -0.25) is 4.57 Å². The minimum atomic E-state index is 0.544. The Labute approximate surface area is 326 Å². The van der Waals surface area contributed by atoms with Crippen LogP contribution in [0.2, 0.25) is 0 Å². The quantitative estimate of drug-likeness (QED) is 0.177. The molecule has 0 unspecified atom stereocenters. The largest absolute Gasteiger partial charge is 0.455 e. The van der Waals surface area contributed by atoms with E-state index in [1.807, 2.05) is 30.3 Å². The summed E-state index contributed by atoms with van der Waals surface area (Å²) in [6, 6.07) is 65.6. The van der Waals surface area contributed by atoms with Gasteiger partial charge in [-0.2, -0.15) is 9.97 Å². The highest BCUT2D eigenvalue weighted by atomic mass is 16.3. The molecule has 8 aromatic carbocycles. The molecule has 0 N–H and O–H groups in total. The van der Waals surface area contributed by atoms with Crippen molar-refractivity contribution in [2.75, 3.05) is 0 Å². The summed E-state index contributed by atoms with van der Waals surface area (Å²) in [4.78, 5) is 15.5. The Morgan fingerprint density at radius 2 is 0.912 bits per heavy atom. The highest BCUT2D eigenvalue weighted by molar-refractivity contribution is 6.18. The van der Waals surface area contributed by atoms with Crippen molar-refractivity contribution in [3.05, 3.63) is 188 Å². The molecule has 4 heterocycles. The second-order valence-corrected chi connectivity index (χ2v) is 14.4. The minimum Gasteiger partial charge on any atom is -0.455 e. The lowest BCUT2D eigenvalue weighted by atomic mass is 10.1. The van der Waals surface area contributed by atoms with E-state index in [1.54, 1.807) is 0 Å². The molecule has 0 aliphatic heterocycles. The van der Waals surface area contributed by atoms with Gasteiger partial charge in [-0.1, -0.05) is 140 Å². The van der Waals surface area contributed by atoms with Gasteiger partial charge in [0.05, 0.1) is 27.6 Å². The number of hydrogen-bond donors (Lipinski definition) is 0. The fourth-order valence-corrected chi connectivity index (χ4v) is 8.61. The number of para-hydroxylation sites is 4. The molecule has 12 rings (SSSR count). The summed E-state index contributed by atoms with van der Waals surface area (Å²) in [5, 5.41) is 6.69. The van der Waals surface area contributed by atoms with Crippen molar-refractivity contribution in [2.24, 2.45) is 0 Å². The predicted octanol–water partition coefficient (Wildman–Crippen LogP) is 13.0. The summed E-state index contributed by atoms with van der Waals surface area (Å²) in [5.74, 6) is 1.69. The molecule has 266 valence electrons. The van der Waals surface area contributed by atoms with Crippen molar-refractivity contribution in [2.45, 2.75) is 0 Å². The lowest BCUT2D eigenvalue weighted by molar-refractivity contribution is 0.670. The third kappa shape index (κ3) is 4.87. The highest BCUT2D eigenvalue weighted by Crippen LogP contribution is 2.41. The third-order valence-electron chi connectivity index (χ3n) is 11.2. The smallest absolute Gasteiger partial charge is 0.238 e. The molecule has 0 radical (unpaired) electrons. The molecule has 0 aliphatic carbocycles. The van der Waals surface area contributed by atoms with Crippen LogP contribution in [0.5, 0.6) is 0 Å². The van der Waals surface area contributed by atoms with Gasteiger partial charge in [0, 0.05) is 49.6 Å². The number of rotatable bonds is 5. The molecule has 0 spiro atoms. The van der Waals surface area contributed by atoms with Crippen molar-refractivity contribution in [3.8, 4) is 45.5 Å². The SMILES string of the molecule is c1ccc(-c2cccc(-n3c4ccccc4c4cc5c(cc43)oc3c(-c4nc(-c6ccccc6)nc(-n6c7ccccc7c7ccccc76)n4)cccc35)c2)cc1. The van der Waals surface area contributed by atoms with Gasteiger partial charge in [0.2, 0.25) is 5.95 Å². The van der Waals surface area contributed by atoms with Crippen LogP contribution >= 0.6 is 0 Å². The number of nitrogens with zero attached hydrogens (tertiary/aromatic N) is 5. The Morgan fingerprint density at radius 1 is 0.351 bits per heavy atom. The summed E-state index contributed by atoms with van der Waals surface area (Å²) in [5.41, 5.74) is 11.0. The molecular formula is C51H31N5O. The molecule has 0 saturated carbocycles. The molecule has 6 nitrogen and oxygen atoms in total. The fourth-order valence-electron chi connectivity index (χ4n) is 8.61. The van der Waals surface area contributed by atoms with E-state index < -0.39 is 0 Å². The maximum atomic E-state index is 6.92. The van der Waals surface area contributed by atoms with Gasteiger partial charge in [0.25, 0.3) is 0 Å². The molecule has 0 atom stereocenters. The fraction of sp³-hybridized carbons (Fsp3) is 0. The summed E-state index contributed by atoms with van der Waals surface area (Å²) >= 11 is 0. The zero-order valence-electron chi connectivity index (χ0n) is 30.5. The maximum absolute atomic E-state index is 6.92. The van der Waals surface area contributed by atoms with Crippen LogP contribution in [0.25, 0.3) is 111 Å².